The van der Waals surface area contributed by atoms with Crippen LogP contribution in [0.5, 0.6) is 0 Å². The molecule has 2 amide bonds. The number of rotatable bonds is 6. The number of amides is 2. The summed E-state index contributed by atoms with van der Waals surface area (Å²) in [6.45, 7) is 9.22. The van der Waals surface area contributed by atoms with E-state index in [4.69, 9.17) is 5.10 Å². The number of aryl methyl sites for hydroxylation is 1. The van der Waals surface area contributed by atoms with E-state index < -0.39 is 5.54 Å². The molecule has 2 aromatic rings. The lowest BCUT2D eigenvalue weighted by atomic mass is 9.79. The number of benzene rings is 1. The number of likely N-dealkylation sites (tertiary alicyclic amines) is 1. The molecule has 1 aliphatic carbocycles. The van der Waals surface area contributed by atoms with Gasteiger partial charge < -0.3 is 10.2 Å². The van der Waals surface area contributed by atoms with E-state index in [9.17, 15) is 9.59 Å². The Labute approximate surface area is 215 Å². The molecule has 0 bridgehead atoms. The Hall–Kier alpha value is -2.67. The highest BCUT2D eigenvalue weighted by Gasteiger charge is 2.53. The Kier molecular flexibility index (Phi) is 7.20. The van der Waals surface area contributed by atoms with Crippen LogP contribution < -0.4 is 5.32 Å². The van der Waals surface area contributed by atoms with Gasteiger partial charge in [0.05, 0.1) is 11.4 Å². The summed E-state index contributed by atoms with van der Waals surface area (Å²) in [4.78, 5) is 31.4. The summed E-state index contributed by atoms with van der Waals surface area (Å²) in [7, 11) is 0. The van der Waals surface area contributed by atoms with Gasteiger partial charge in [-0.15, -0.1) is 0 Å². The van der Waals surface area contributed by atoms with Crippen molar-refractivity contribution in [1.82, 2.24) is 24.9 Å². The average molecular weight is 492 g/mol. The molecular formula is C29H41N5O2. The molecule has 3 heterocycles. The minimum absolute atomic E-state index is 0.0636. The molecule has 1 aromatic heterocycles. The van der Waals surface area contributed by atoms with Crippen LogP contribution in [0.3, 0.4) is 0 Å². The van der Waals surface area contributed by atoms with Crippen molar-refractivity contribution >= 4 is 11.8 Å². The number of piperidine rings is 1. The molecular weight excluding hydrogens is 450 g/mol. The van der Waals surface area contributed by atoms with Gasteiger partial charge in [-0.25, -0.2) is 4.68 Å². The normalized spacial score (nSPS) is 23.3. The molecule has 2 saturated heterocycles. The van der Waals surface area contributed by atoms with Gasteiger partial charge in [-0.1, -0.05) is 50.3 Å². The van der Waals surface area contributed by atoms with Gasteiger partial charge in [-0.3, -0.25) is 14.5 Å². The number of nitrogens with one attached hydrogen (secondary N) is 1. The standard InChI is InChI=1S/C29H41N5O2/c1-4-33-27(35)26(19-23-11-7-5-8-12-23)30-28(36)29(33)15-17-32(18-16-29)20-25-21(2)31-34(22(25)3)24-13-9-6-10-14-24/h6,9-10,13-14,23,26H,4-5,7-8,11-12,15-20H2,1-3H3,(H,30,36)/t26-/m1/s1. The van der Waals surface area contributed by atoms with Gasteiger partial charge in [0.15, 0.2) is 0 Å². The van der Waals surface area contributed by atoms with Crippen LogP contribution in [-0.4, -0.2) is 62.6 Å². The Bertz CT molecular complexity index is 1080. The van der Waals surface area contributed by atoms with Crippen LogP contribution in [-0.2, 0) is 16.1 Å². The lowest BCUT2D eigenvalue weighted by molar-refractivity contribution is -0.161. The molecule has 7 nitrogen and oxygen atoms in total. The number of nitrogens with zero attached hydrogens (tertiary/aromatic N) is 4. The summed E-state index contributed by atoms with van der Waals surface area (Å²) in [6, 6.07) is 9.89. The quantitative estimate of drug-likeness (QED) is 0.659. The number of para-hydroxylation sites is 1. The largest absolute Gasteiger partial charge is 0.342 e. The summed E-state index contributed by atoms with van der Waals surface area (Å²) in [5.74, 6) is 0.756. The van der Waals surface area contributed by atoms with E-state index in [0.717, 1.165) is 43.1 Å². The highest BCUT2D eigenvalue weighted by molar-refractivity contribution is 6.00. The third-order valence-corrected chi connectivity index (χ3v) is 8.93. The van der Waals surface area contributed by atoms with E-state index in [1.165, 1.54) is 37.7 Å². The molecule has 2 aliphatic heterocycles. The van der Waals surface area contributed by atoms with Crippen molar-refractivity contribution in [1.29, 1.82) is 0 Å². The van der Waals surface area contributed by atoms with Gasteiger partial charge in [0.2, 0.25) is 11.8 Å². The van der Waals surface area contributed by atoms with Gasteiger partial charge in [0.1, 0.15) is 11.6 Å². The van der Waals surface area contributed by atoms with Crippen LogP contribution in [0.2, 0.25) is 0 Å². The van der Waals surface area contributed by atoms with Crippen LogP contribution >= 0.6 is 0 Å². The Morgan fingerprint density at radius 3 is 2.39 bits per heavy atom. The van der Waals surface area contributed by atoms with E-state index in [-0.39, 0.29) is 17.9 Å². The molecule has 0 radical (unpaired) electrons. The third-order valence-electron chi connectivity index (χ3n) is 8.93. The van der Waals surface area contributed by atoms with E-state index in [2.05, 4.69) is 36.2 Å². The fraction of sp³-hybridized carbons (Fsp3) is 0.621. The Balaban J connectivity index is 1.26. The smallest absolute Gasteiger partial charge is 0.246 e. The van der Waals surface area contributed by atoms with Gasteiger partial charge in [-0.05, 0) is 58.1 Å². The molecule has 1 spiro atoms. The minimum Gasteiger partial charge on any atom is -0.342 e. The van der Waals surface area contributed by atoms with Crippen LogP contribution in [0.4, 0.5) is 0 Å². The zero-order chi connectivity index (χ0) is 25.3. The first-order valence-corrected chi connectivity index (χ1v) is 13.9. The maximum absolute atomic E-state index is 13.5. The van der Waals surface area contributed by atoms with Crippen LogP contribution in [0, 0.1) is 19.8 Å². The molecule has 0 unspecified atom stereocenters. The molecule has 3 aliphatic rings. The van der Waals surface area contributed by atoms with E-state index >= 15 is 0 Å². The fourth-order valence-corrected chi connectivity index (χ4v) is 6.78. The number of aromatic nitrogens is 2. The van der Waals surface area contributed by atoms with Crippen molar-refractivity contribution in [2.75, 3.05) is 19.6 Å². The second kappa shape index (κ2) is 10.4. The molecule has 1 saturated carbocycles. The zero-order valence-corrected chi connectivity index (χ0v) is 22.1. The van der Waals surface area contributed by atoms with Crippen molar-refractivity contribution in [2.45, 2.75) is 90.3 Å². The van der Waals surface area contributed by atoms with E-state index in [0.29, 0.717) is 25.3 Å². The molecule has 5 rings (SSSR count). The second-order valence-corrected chi connectivity index (χ2v) is 11.1. The van der Waals surface area contributed by atoms with Crippen LogP contribution in [0.15, 0.2) is 30.3 Å². The third kappa shape index (κ3) is 4.58. The first-order valence-electron chi connectivity index (χ1n) is 13.9. The molecule has 1 atom stereocenters. The number of hydrogen-bond acceptors (Lipinski definition) is 4. The van der Waals surface area contributed by atoms with Crippen LogP contribution in [0.1, 0.15) is 75.2 Å². The number of piperazine rings is 1. The lowest BCUT2D eigenvalue weighted by Gasteiger charge is -2.51. The van der Waals surface area contributed by atoms with Gasteiger partial charge >= 0.3 is 0 Å². The predicted octanol–water partition coefficient (Wildman–Crippen LogP) is 4.14. The van der Waals surface area contributed by atoms with Crippen molar-refractivity contribution < 1.29 is 9.59 Å². The lowest BCUT2D eigenvalue weighted by Crippen LogP contribution is -2.72. The van der Waals surface area contributed by atoms with E-state index in [1.54, 1.807) is 0 Å². The molecule has 36 heavy (non-hydrogen) atoms. The summed E-state index contributed by atoms with van der Waals surface area (Å²) < 4.78 is 2.02. The Morgan fingerprint density at radius 2 is 1.72 bits per heavy atom. The van der Waals surface area contributed by atoms with Crippen molar-refractivity contribution in [2.24, 2.45) is 5.92 Å². The first-order chi connectivity index (χ1) is 17.4. The second-order valence-electron chi connectivity index (χ2n) is 11.1. The summed E-state index contributed by atoms with van der Waals surface area (Å²) in [6.07, 6.45) is 8.33. The molecule has 7 heteroatoms. The van der Waals surface area contributed by atoms with Gasteiger partial charge in [0, 0.05) is 37.4 Å². The Morgan fingerprint density at radius 1 is 1.03 bits per heavy atom. The summed E-state index contributed by atoms with van der Waals surface area (Å²) >= 11 is 0. The highest BCUT2D eigenvalue weighted by Crippen LogP contribution is 2.36. The summed E-state index contributed by atoms with van der Waals surface area (Å²) in [5, 5.41) is 7.99. The average Bonchev–Trinajstić information content (AvgIpc) is 3.18. The predicted molar refractivity (Wildman–Crippen MR) is 141 cm³/mol. The van der Waals surface area contributed by atoms with Gasteiger partial charge in [-0.2, -0.15) is 5.10 Å². The summed E-state index contributed by atoms with van der Waals surface area (Å²) in [5.41, 5.74) is 3.82. The number of carbonyl (C=O) groups is 2. The van der Waals surface area contributed by atoms with Crippen molar-refractivity contribution in [3.05, 3.63) is 47.3 Å². The molecule has 194 valence electrons. The first kappa shape index (κ1) is 25.0. The number of carbonyl (C=O) groups excluding carboxylic acids is 2. The van der Waals surface area contributed by atoms with Crippen LogP contribution in [0.25, 0.3) is 5.69 Å². The maximum Gasteiger partial charge on any atom is 0.246 e. The van der Waals surface area contributed by atoms with E-state index in [1.807, 2.05) is 34.7 Å². The monoisotopic (exact) mass is 491 g/mol. The zero-order valence-electron chi connectivity index (χ0n) is 22.1. The molecule has 3 fully saturated rings. The molecule has 1 aromatic carbocycles. The maximum atomic E-state index is 13.5. The van der Waals surface area contributed by atoms with Crippen molar-refractivity contribution in [3.63, 3.8) is 0 Å². The number of hydrogen-bond donors (Lipinski definition) is 1. The van der Waals surface area contributed by atoms with Gasteiger partial charge in [0.25, 0.3) is 0 Å². The topological polar surface area (TPSA) is 70.5 Å². The minimum atomic E-state index is -0.705. The number of likely N-dealkylation sites (N-methyl/N-ethyl adjacent to an activating group) is 1. The highest BCUT2D eigenvalue weighted by atomic mass is 16.2. The SMILES string of the molecule is CCN1C(=O)[C@@H](CC2CCCCC2)NC(=O)C12CCN(Cc1c(C)nn(-c3ccccc3)c1C)CC2. The fourth-order valence-electron chi connectivity index (χ4n) is 6.78. The molecule has 1 N–H and O–H groups in total. The van der Waals surface area contributed by atoms with Crippen molar-refractivity contribution in [3.8, 4) is 5.69 Å².